The molecule has 1 aliphatic heterocycles. The van der Waals surface area contributed by atoms with E-state index in [4.69, 9.17) is 9.47 Å². The summed E-state index contributed by atoms with van der Waals surface area (Å²) in [6, 6.07) is 5.41. The Kier molecular flexibility index (Phi) is 4.20. The Balaban J connectivity index is 2.21. The van der Waals surface area contributed by atoms with Gasteiger partial charge in [-0.15, -0.1) is 0 Å². The molecule has 1 aliphatic rings. The van der Waals surface area contributed by atoms with E-state index in [-0.39, 0.29) is 11.7 Å². The second-order valence-electron chi connectivity index (χ2n) is 4.25. The van der Waals surface area contributed by atoms with Crippen LogP contribution in [0.5, 0.6) is 11.5 Å². The van der Waals surface area contributed by atoms with Crippen LogP contribution in [-0.4, -0.2) is 32.1 Å². The summed E-state index contributed by atoms with van der Waals surface area (Å²) >= 11 is 0. The molecule has 0 aromatic heterocycles. The van der Waals surface area contributed by atoms with Gasteiger partial charge in [0.05, 0.1) is 13.2 Å². The van der Waals surface area contributed by atoms with Gasteiger partial charge in [-0.25, -0.2) is 0 Å². The van der Waals surface area contributed by atoms with E-state index in [9.17, 15) is 4.79 Å². The number of Topliss-reactive ketones (excluding diaryl/α,β-unsaturated/α-hetero) is 1. The van der Waals surface area contributed by atoms with Crippen molar-refractivity contribution in [1.29, 1.82) is 0 Å². The van der Waals surface area contributed by atoms with E-state index < -0.39 is 0 Å². The van der Waals surface area contributed by atoms with Crippen molar-refractivity contribution in [2.24, 2.45) is 5.92 Å². The summed E-state index contributed by atoms with van der Waals surface area (Å²) < 4.78 is 11.0. The first-order chi connectivity index (χ1) is 8.76. The number of hydrogen-bond donors (Lipinski definition) is 1. The summed E-state index contributed by atoms with van der Waals surface area (Å²) in [5.74, 6) is 1.63. The molecule has 98 valence electrons. The molecule has 0 saturated carbocycles. The van der Waals surface area contributed by atoms with Crippen LogP contribution in [0.15, 0.2) is 18.2 Å². The van der Waals surface area contributed by atoms with E-state index in [1.54, 1.807) is 6.07 Å². The molecule has 4 heteroatoms. The van der Waals surface area contributed by atoms with Gasteiger partial charge in [-0.2, -0.15) is 0 Å². The number of benzene rings is 1. The van der Waals surface area contributed by atoms with Crippen molar-refractivity contribution in [1.82, 2.24) is 5.32 Å². The van der Waals surface area contributed by atoms with Crippen molar-refractivity contribution >= 4 is 5.78 Å². The largest absolute Gasteiger partial charge is 0.490 e. The van der Waals surface area contributed by atoms with Crippen molar-refractivity contribution in [3.05, 3.63) is 23.8 Å². The summed E-state index contributed by atoms with van der Waals surface area (Å²) in [5.41, 5.74) is 0.702. The molecule has 1 saturated heterocycles. The van der Waals surface area contributed by atoms with Crippen LogP contribution in [0.4, 0.5) is 0 Å². The van der Waals surface area contributed by atoms with Crippen molar-refractivity contribution in [2.45, 2.75) is 13.8 Å². The first-order valence-electron chi connectivity index (χ1n) is 6.40. The Hall–Kier alpha value is -1.55. The fourth-order valence-electron chi connectivity index (χ4n) is 1.91. The van der Waals surface area contributed by atoms with Crippen LogP contribution in [0.2, 0.25) is 0 Å². The average Bonchev–Trinajstić information content (AvgIpc) is 2.29. The minimum atomic E-state index is 0.109. The van der Waals surface area contributed by atoms with Crippen LogP contribution < -0.4 is 14.8 Å². The number of nitrogens with one attached hydrogen (secondary N) is 1. The van der Waals surface area contributed by atoms with E-state index in [0.29, 0.717) is 30.3 Å². The minimum Gasteiger partial charge on any atom is -0.490 e. The Morgan fingerprint density at radius 3 is 2.44 bits per heavy atom. The number of carbonyl (C=O) groups is 1. The van der Waals surface area contributed by atoms with Crippen LogP contribution in [0.1, 0.15) is 24.2 Å². The van der Waals surface area contributed by atoms with Gasteiger partial charge in [-0.05, 0) is 32.0 Å². The maximum atomic E-state index is 12.1. The zero-order valence-electron chi connectivity index (χ0n) is 10.9. The molecule has 0 radical (unpaired) electrons. The molecule has 0 atom stereocenters. The number of ketones is 1. The molecular weight excluding hydrogens is 230 g/mol. The highest BCUT2D eigenvalue weighted by Crippen LogP contribution is 2.29. The maximum absolute atomic E-state index is 12.1. The monoisotopic (exact) mass is 249 g/mol. The molecular formula is C14H19NO3. The second-order valence-corrected chi connectivity index (χ2v) is 4.25. The SMILES string of the molecule is CCOc1ccc(C(=O)C2CNC2)cc1OCC. The summed E-state index contributed by atoms with van der Waals surface area (Å²) in [7, 11) is 0. The quantitative estimate of drug-likeness (QED) is 0.782. The van der Waals surface area contributed by atoms with Gasteiger partial charge in [0.1, 0.15) is 0 Å². The van der Waals surface area contributed by atoms with E-state index in [0.717, 1.165) is 13.1 Å². The van der Waals surface area contributed by atoms with Gasteiger partial charge < -0.3 is 14.8 Å². The molecule has 2 rings (SSSR count). The molecule has 1 fully saturated rings. The van der Waals surface area contributed by atoms with Gasteiger partial charge in [0.25, 0.3) is 0 Å². The molecule has 0 spiro atoms. The Labute approximate surface area is 107 Å². The van der Waals surface area contributed by atoms with Crippen LogP contribution in [0, 0.1) is 5.92 Å². The van der Waals surface area contributed by atoms with E-state index in [1.807, 2.05) is 26.0 Å². The molecule has 4 nitrogen and oxygen atoms in total. The summed E-state index contributed by atoms with van der Waals surface area (Å²) in [5, 5.41) is 3.11. The van der Waals surface area contributed by atoms with Crippen molar-refractivity contribution < 1.29 is 14.3 Å². The zero-order chi connectivity index (χ0) is 13.0. The van der Waals surface area contributed by atoms with Crippen molar-refractivity contribution in [3.63, 3.8) is 0 Å². The lowest BCUT2D eigenvalue weighted by Crippen LogP contribution is -2.46. The lowest BCUT2D eigenvalue weighted by Gasteiger charge is -2.25. The van der Waals surface area contributed by atoms with Crippen molar-refractivity contribution in [3.8, 4) is 11.5 Å². The van der Waals surface area contributed by atoms with Gasteiger partial charge in [0.15, 0.2) is 17.3 Å². The van der Waals surface area contributed by atoms with E-state index >= 15 is 0 Å². The molecule has 0 amide bonds. The normalized spacial score (nSPS) is 15.0. The third-order valence-electron chi connectivity index (χ3n) is 2.98. The maximum Gasteiger partial charge on any atom is 0.168 e. The third kappa shape index (κ3) is 2.64. The molecule has 0 aliphatic carbocycles. The van der Waals surface area contributed by atoms with Crippen LogP contribution in [0.3, 0.4) is 0 Å². The molecule has 1 N–H and O–H groups in total. The average molecular weight is 249 g/mol. The topological polar surface area (TPSA) is 47.6 Å². The predicted molar refractivity (Wildman–Crippen MR) is 69.5 cm³/mol. The lowest BCUT2D eigenvalue weighted by molar-refractivity contribution is 0.0877. The number of hydrogen-bond acceptors (Lipinski definition) is 4. The molecule has 18 heavy (non-hydrogen) atoms. The summed E-state index contributed by atoms with van der Waals surface area (Å²) in [4.78, 5) is 12.1. The Morgan fingerprint density at radius 1 is 1.22 bits per heavy atom. The smallest absolute Gasteiger partial charge is 0.168 e. The molecule has 1 aromatic rings. The summed E-state index contributed by atoms with van der Waals surface area (Å²) in [6.07, 6.45) is 0. The van der Waals surface area contributed by atoms with Gasteiger partial charge in [-0.3, -0.25) is 4.79 Å². The minimum absolute atomic E-state index is 0.109. The van der Waals surface area contributed by atoms with Crippen LogP contribution in [0.25, 0.3) is 0 Å². The van der Waals surface area contributed by atoms with Gasteiger partial charge >= 0.3 is 0 Å². The van der Waals surface area contributed by atoms with Gasteiger partial charge in [0, 0.05) is 24.6 Å². The van der Waals surface area contributed by atoms with Crippen LogP contribution in [-0.2, 0) is 0 Å². The third-order valence-corrected chi connectivity index (χ3v) is 2.98. The highest BCUT2D eigenvalue weighted by atomic mass is 16.5. The highest BCUT2D eigenvalue weighted by molar-refractivity contribution is 5.99. The number of rotatable bonds is 6. The van der Waals surface area contributed by atoms with E-state index in [1.165, 1.54) is 0 Å². The number of carbonyl (C=O) groups excluding carboxylic acids is 1. The Morgan fingerprint density at radius 2 is 1.89 bits per heavy atom. The Bertz CT molecular complexity index is 427. The van der Waals surface area contributed by atoms with Crippen LogP contribution >= 0.6 is 0 Å². The molecule has 1 heterocycles. The molecule has 0 unspecified atom stereocenters. The fraction of sp³-hybridized carbons (Fsp3) is 0.500. The molecule has 0 bridgehead atoms. The second kappa shape index (κ2) is 5.87. The number of ether oxygens (including phenoxy) is 2. The van der Waals surface area contributed by atoms with Gasteiger partial charge in [0.2, 0.25) is 0 Å². The lowest BCUT2D eigenvalue weighted by atomic mass is 9.93. The van der Waals surface area contributed by atoms with Crippen molar-refractivity contribution in [2.75, 3.05) is 26.3 Å². The standard InChI is InChI=1S/C14H19NO3/c1-3-17-12-6-5-10(7-13(12)18-4-2)14(16)11-8-15-9-11/h5-7,11,15H,3-4,8-9H2,1-2H3. The zero-order valence-corrected chi connectivity index (χ0v) is 10.9. The van der Waals surface area contributed by atoms with E-state index in [2.05, 4.69) is 5.32 Å². The van der Waals surface area contributed by atoms with Gasteiger partial charge in [-0.1, -0.05) is 0 Å². The molecule has 1 aromatic carbocycles. The highest BCUT2D eigenvalue weighted by Gasteiger charge is 2.26. The first-order valence-corrected chi connectivity index (χ1v) is 6.40. The fourth-order valence-corrected chi connectivity index (χ4v) is 1.91. The predicted octanol–water partition coefficient (Wildman–Crippen LogP) is 1.89. The summed E-state index contributed by atoms with van der Waals surface area (Å²) in [6.45, 7) is 6.53. The first kappa shape index (κ1) is 12.9.